The molecule has 1 saturated heterocycles. The molecule has 0 spiro atoms. The summed E-state index contributed by atoms with van der Waals surface area (Å²) >= 11 is 1.76. The number of hydrogen-bond acceptors (Lipinski definition) is 5. The zero-order valence-corrected chi connectivity index (χ0v) is 18.4. The van der Waals surface area contributed by atoms with Gasteiger partial charge in [0.15, 0.2) is 0 Å². The Hall–Kier alpha value is -1.40. The minimum atomic E-state index is -0.566. The molecule has 1 aliphatic heterocycles. The molecule has 3 aliphatic rings. The lowest BCUT2D eigenvalue weighted by molar-refractivity contribution is -0.127. The smallest absolute Gasteiger partial charge is 0.410 e. The highest BCUT2D eigenvalue weighted by molar-refractivity contribution is 7.99. The lowest BCUT2D eigenvalue weighted by atomic mass is 9.70. The predicted octanol–water partition coefficient (Wildman–Crippen LogP) is 4.80. The maximum atomic E-state index is 12.7. The molecule has 2 saturated carbocycles. The van der Waals surface area contributed by atoms with Gasteiger partial charge in [-0.3, -0.25) is 4.79 Å². The minimum absolute atomic E-state index is 0.0384. The van der Waals surface area contributed by atoms with E-state index in [1.165, 1.54) is 0 Å². The summed E-state index contributed by atoms with van der Waals surface area (Å²) in [6, 6.07) is -0.259. The number of likely N-dealkylation sites (tertiary alicyclic amines) is 1. The fourth-order valence-corrected chi connectivity index (χ4v) is 6.96. The van der Waals surface area contributed by atoms with Crippen LogP contribution < -0.4 is 0 Å². The van der Waals surface area contributed by atoms with Gasteiger partial charge >= 0.3 is 6.09 Å². The van der Waals surface area contributed by atoms with Crippen LogP contribution in [-0.2, 0) is 9.53 Å². The van der Waals surface area contributed by atoms with Crippen molar-refractivity contribution in [3.63, 3.8) is 0 Å². The zero-order chi connectivity index (χ0) is 20.7. The van der Waals surface area contributed by atoms with E-state index in [2.05, 4.69) is 23.9 Å². The molecule has 4 atom stereocenters. The summed E-state index contributed by atoms with van der Waals surface area (Å²) < 4.78 is 5.54. The van der Waals surface area contributed by atoms with Gasteiger partial charge in [-0.2, -0.15) is 11.8 Å². The molecule has 2 bridgehead atoms. The van der Waals surface area contributed by atoms with Gasteiger partial charge in [0.1, 0.15) is 11.4 Å². The van der Waals surface area contributed by atoms with Crippen LogP contribution in [0.1, 0.15) is 60.3 Å². The summed E-state index contributed by atoms with van der Waals surface area (Å²) in [6.07, 6.45) is 3.14. The summed E-state index contributed by atoms with van der Waals surface area (Å²) in [4.78, 5) is 30.0. The van der Waals surface area contributed by atoms with E-state index in [-0.39, 0.29) is 29.0 Å². The van der Waals surface area contributed by atoms with Crippen LogP contribution in [0.15, 0.2) is 5.11 Å². The van der Waals surface area contributed by atoms with Crippen LogP contribution in [0.5, 0.6) is 0 Å². The highest BCUT2D eigenvalue weighted by Crippen LogP contribution is 2.64. The van der Waals surface area contributed by atoms with E-state index in [1.807, 2.05) is 20.8 Å². The molecule has 0 N–H and O–H groups in total. The molecule has 0 aromatic carbocycles. The quantitative estimate of drug-likeness (QED) is 0.371. The van der Waals surface area contributed by atoms with Crippen LogP contribution >= 0.6 is 11.8 Å². The normalized spacial score (nSPS) is 33.8. The van der Waals surface area contributed by atoms with Crippen molar-refractivity contribution < 1.29 is 14.3 Å². The van der Waals surface area contributed by atoms with Crippen molar-refractivity contribution in [2.45, 2.75) is 78.0 Å². The maximum absolute atomic E-state index is 12.7. The Morgan fingerprint density at radius 1 is 1.43 bits per heavy atom. The first-order chi connectivity index (χ1) is 13.0. The van der Waals surface area contributed by atoms with E-state index in [0.29, 0.717) is 24.7 Å². The Morgan fingerprint density at radius 3 is 2.68 bits per heavy atom. The lowest BCUT2D eigenvalue weighted by Gasteiger charge is -2.37. The van der Waals surface area contributed by atoms with Gasteiger partial charge in [0.2, 0.25) is 0 Å². The van der Waals surface area contributed by atoms with Gasteiger partial charge in [-0.15, -0.1) is 0 Å². The van der Waals surface area contributed by atoms with Crippen molar-refractivity contribution in [2.75, 3.05) is 18.1 Å². The van der Waals surface area contributed by atoms with Gasteiger partial charge in [-0.05, 0) is 56.9 Å². The fraction of sp³-hybridized carbons (Fsp3) is 0.900. The summed E-state index contributed by atoms with van der Waals surface area (Å²) in [5, 5.41) is 3.83. The van der Waals surface area contributed by atoms with Crippen LogP contribution in [-0.4, -0.2) is 52.5 Å². The third kappa shape index (κ3) is 3.73. The van der Waals surface area contributed by atoms with E-state index in [4.69, 9.17) is 10.3 Å². The molecule has 0 aromatic rings. The van der Waals surface area contributed by atoms with Crippen molar-refractivity contribution in [1.29, 1.82) is 0 Å². The van der Waals surface area contributed by atoms with Crippen LogP contribution in [0.3, 0.4) is 0 Å². The van der Waals surface area contributed by atoms with Crippen molar-refractivity contribution in [3.8, 4) is 0 Å². The second-order valence-corrected chi connectivity index (χ2v) is 11.1. The molecule has 0 aromatic heterocycles. The number of fused-ring (bicyclic) bond motifs is 2. The molecule has 2 aliphatic carbocycles. The molecule has 1 amide bonds. The molecule has 3 rings (SSSR count). The molecule has 28 heavy (non-hydrogen) atoms. The van der Waals surface area contributed by atoms with Crippen molar-refractivity contribution >= 4 is 23.6 Å². The first kappa shape index (κ1) is 21.3. The van der Waals surface area contributed by atoms with Gasteiger partial charge in [-0.1, -0.05) is 19.0 Å². The van der Waals surface area contributed by atoms with Gasteiger partial charge in [-0.25, -0.2) is 4.79 Å². The molecule has 0 unspecified atom stereocenters. The largest absolute Gasteiger partial charge is 0.444 e. The zero-order valence-electron chi connectivity index (χ0n) is 17.6. The van der Waals surface area contributed by atoms with Crippen LogP contribution in [0.4, 0.5) is 4.79 Å². The third-order valence-electron chi connectivity index (χ3n) is 7.03. The van der Waals surface area contributed by atoms with E-state index in [9.17, 15) is 9.59 Å². The molecular formula is C20H32N4O3S. The highest BCUT2D eigenvalue weighted by Gasteiger charge is 2.63. The molecule has 7 nitrogen and oxygen atoms in total. The minimum Gasteiger partial charge on any atom is -0.444 e. The number of Topliss-reactive ketones (excluding diaryl/α,β-unsaturated/α-hetero) is 1. The molecular weight excluding hydrogens is 376 g/mol. The standard InChI is InChI=1S/C20H32N4O3S/c1-18(2,3)27-17(26)24-10-14(22-23-21)9-15(24)11-28-12-20-7-6-13(8-16(20)25)19(20,4)5/h13-15H,6-12H2,1-5H3/t13-,14+,15+,20-/m1/s1. The van der Waals surface area contributed by atoms with Gasteiger partial charge in [0.25, 0.3) is 0 Å². The number of rotatable bonds is 5. The van der Waals surface area contributed by atoms with Crippen LogP contribution in [0.2, 0.25) is 0 Å². The summed E-state index contributed by atoms with van der Waals surface area (Å²) in [5.74, 6) is 2.47. The molecule has 0 radical (unpaired) electrons. The second-order valence-electron chi connectivity index (χ2n) is 10.1. The molecule has 3 fully saturated rings. The first-order valence-corrected chi connectivity index (χ1v) is 11.3. The van der Waals surface area contributed by atoms with Crippen molar-refractivity contribution in [2.24, 2.45) is 21.9 Å². The van der Waals surface area contributed by atoms with Crippen molar-refractivity contribution in [1.82, 2.24) is 4.90 Å². The second kappa shape index (κ2) is 7.45. The Kier molecular flexibility index (Phi) is 5.67. The number of nitrogens with zero attached hydrogens (tertiary/aromatic N) is 4. The Morgan fingerprint density at radius 2 is 2.14 bits per heavy atom. The van der Waals surface area contributed by atoms with Crippen LogP contribution in [0, 0.1) is 16.7 Å². The maximum Gasteiger partial charge on any atom is 0.410 e. The molecule has 156 valence electrons. The summed E-state index contributed by atoms with van der Waals surface area (Å²) in [5.41, 5.74) is 8.06. The lowest BCUT2D eigenvalue weighted by Crippen LogP contribution is -2.42. The summed E-state index contributed by atoms with van der Waals surface area (Å²) in [7, 11) is 0. The highest BCUT2D eigenvalue weighted by atomic mass is 32.2. The number of hydrogen-bond donors (Lipinski definition) is 0. The van der Waals surface area contributed by atoms with E-state index < -0.39 is 5.60 Å². The average Bonchev–Trinajstić information content (AvgIpc) is 3.13. The fourth-order valence-electron chi connectivity index (χ4n) is 5.23. The number of ketones is 1. The van der Waals surface area contributed by atoms with Gasteiger partial charge < -0.3 is 9.64 Å². The Labute approximate surface area is 171 Å². The third-order valence-corrected chi connectivity index (χ3v) is 8.35. The van der Waals surface area contributed by atoms with Gasteiger partial charge in [0.05, 0.1) is 6.04 Å². The summed E-state index contributed by atoms with van der Waals surface area (Å²) in [6.45, 7) is 10.4. The average molecular weight is 409 g/mol. The number of azide groups is 1. The number of ether oxygens (including phenoxy) is 1. The first-order valence-electron chi connectivity index (χ1n) is 10.1. The van der Waals surface area contributed by atoms with E-state index in [1.54, 1.807) is 16.7 Å². The Balaban J connectivity index is 1.65. The predicted molar refractivity (Wildman–Crippen MR) is 110 cm³/mol. The SMILES string of the molecule is CC(C)(C)OC(=O)N1C[C@@H](N=[N+]=[N-])C[C@H]1CSC[C@]12CC[C@H](CC1=O)C2(C)C. The topological polar surface area (TPSA) is 95.4 Å². The molecule has 8 heteroatoms. The number of carbonyl (C=O) groups excluding carboxylic acids is 2. The van der Waals surface area contributed by atoms with E-state index in [0.717, 1.165) is 30.8 Å². The van der Waals surface area contributed by atoms with Gasteiger partial charge in [0, 0.05) is 40.8 Å². The number of thioether (sulfide) groups is 1. The molecule has 1 heterocycles. The van der Waals surface area contributed by atoms with E-state index >= 15 is 0 Å². The van der Waals surface area contributed by atoms with Crippen LogP contribution in [0.25, 0.3) is 10.4 Å². The number of carbonyl (C=O) groups is 2. The Bertz CT molecular complexity index is 698. The monoisotopic (exact) mass is 408 g/mol. The number of amides is 1. The van der Waals surface area contributed by atoms with Crippen molar-refractivity contribution in [3.05, 3.63) is 10.4 Å².